The van der Waals surface area contributed by atoms with E-state index in [1.807, 2.05) is 0 Å². The molecule has 0 aliphatic rings. The summed E-state index contributed by atoms with van der Waals surface area (Å²) in [5.41, 5.74) is 5.82. The van der Waals surface area contributed by atoms with Gasteiger partial charge >= 0.3 is 6.18 Å². The third-order valence-electron chi connectivity index (χ3n) is 3.68. The molecule has 1 aromatic carbocycles. The Morgan fingerprint density at radius 3 is 2.78 bits per heavy atom. The van der Waals surface area contributed by atoms with Crippen molar-refractivity contribution in [2.45, 2.75) is 35.6 Å². The Balaban J connectivity index is 2.10. The van der Waals surface area contributed by atoms with Crippen molar-refractivity contribution in [1.29, 1.82) is 0 Å². The van der Waals surface area contributed by atoms with Crippen LogP contribution in [-0.4, -0.2) is 19.5 Å². The zero-order valence-electron chi connectivity index (χ0n) is 13.8. The third kappa shape index (κ3) is 4.12. The van der Waals surface area contributed by atoms with Crippen LogP contribution in [-0.2, 0) is 12.7 Å². The molecule has 0 aliphatic heterocycles. The first-order valence-corrected chi connectivity index (χ1v) is 8.95. The van der Waals surface area contributed by atoms with E-state index in [1.165, 1.54) is 18.5 Å². The molecule has 2 N–H and O–H groups in total. The minimum atomic E-state index is -4.52. The fourth-order valence-electron chi connectivity index (χ4n) is 2.47. The van der Waals surface area contributed by atoms with Crippen LogP contribution in [0.25, 0.3) is 11.2 Å². The number of imidazole rings is 1. The lowest BCUT2D eigenvalue weighted by molar-refractivity contribution is -0.139. The summed E-state index contributed by atoms with van der Waals surface area (Å²) in [6.07, 6.45) is 3.17. The van der Waals surface area contributed by atoms with Crippen molar-refractivity contribution in [3.8, 4) is 12.3 Å². The van der Waals surface area contributed by atoms with Crippen LogP contribution < -0.4 is 5.73 Å². The number of rotatable bonds is 5. The molecular weight excluding hydrogens is 399 g/mol. The normalized spacial score (nSPS) is 11.7. The van der Waals surface area contributed by atoms with Crippen LogP contribution >= 0.6 is 23.4 Å². The van der Waals surface area contributed by atoms with Gasteiger partial charge in [0.2, 0.25) is 0 Å². The van der Waals surface area contributed by atoms with Gasteiger partial charge in [-0.25, -0.2) is 15.0 Å². The number of nitrogens with two attached hydrogens (primary N) is 1. The van der Waals surface area contributed by atoms with Gasteiger partial charge in [0.1, 0.15) is 6.33 Å². The second-order valence-electron chi connectivity index (χ2n) is 5.53. The number of terminal acetylenes is 1. The molecule has 140 valence electrons. The number of hydrogen-bond acceptors (Lipinski definition) is 5. The fourth-order valence-corrected chi connectivity index (χ4v) is 3.80. The number of aromatic nitrogens is 4. The van der Waals surface area contributed by atoms with Crippen molar-refractivity contribution in [3.63, 3.8) is 0 Å². The lowest BCUT2D eigenvalue weighted by Crippen LogP contribution is -2.07. The second-order valence-corrected chi connectivity index (χ2v) is 6.97. The van der Waals surface area contributed by atoms with Crippen molar-refractivity contribution in [3.05, 3.63) is 35.1 Å². The Kier molecular flexibility index (Phi) is 5.48. The zero-order valence-corrected chi connectivity index (χ0v) is 15.4. The number of benzene rings is 1. The number of hydrogen-bond donors (Lipinski definition) is 1. The lowest BCUT2D eigenvalue weighted by atomic mass is 10.2. The molecule has 0 spiro atoms. The predicted molar refractivity (Wildman–Crippen MR) is 98.4 cm³/mol. The third-order valence-corrected chi connectivity index (χ3v) is 4.97. The summed E-state index contributed by atoms with van der Waals surface area (Å²) in [5.74, 6) is 2.68. The van der Waals surface area contributed by atoms with Crippen LogP contribution in [0.15, 0.2) is 34.6 Å². The molecule has 3 rings (SSSR count). The molecule has 0 radical (unpaired) electrons. The Bertz CT molecular complexity index is 1030. The van der Waals surface area contributed by atoms with Gasteiger partial charge in [0.15, 0.2) is 22.1 Å². The Hall–Kier alpha value is -2.44. The van der Waals surface area contributed by atoms with Gasteiger partial charge in [-0.15, -0.1) is 12.3 Å². The van der Waals surface area contributed by atoms with Crippen molar-refractivity contribution >= 4 is 40.3 Å². The molecule has 0 saturated carbocycles. The van der Waals surface area contributed by atoms with Crippen LogP contribution in [0.2, 0.25) is 5.02 Å². The molecule has 10 heteroatoms. The first-order chi connectivity index (χ1) is 12.8. The number of anilines is 1. The van der Waals surface area contributed by atoms with Crippen molar-refractivity contribution in [1.82, 2.24) is 19.5 Å². The van der Waals surface area contributed by atoms with E-state index in [0.29, 0.717) is 35.7 Å². The minimum absolute atomic E-state index is 0.0602. The number of aryl methyl sites for hydroxylation is 1. The Morgan fingerprint density at radius 1 is 1.30 bits per heavy atom. The summed E-state index contributed by atoms with van der Waals surface area (Å²) in [4.78, 5) is 12.3. The monoisotopic (exact) mass is 411 g/mol. The number of fused-ring (bicyclic) bond motifs is 1. The molecule has 0 aliphatic carbocycles. The van der Waals surface area contributed by atoms with Crippen LogP contribution in [0.3, 0.4) is 0 Å². The van der Waals surface area contributed by atoms with Crippen molar-refractivity contribution in [2.75, 3.05) is 5.73 Å². The van der Waals surface area contributed by atoms with Crippen LogP contribution in [0, 0.1) is 12.3 Å². The number of nitrogens with zero attached hydrogens (tertiary/aromatic N) is 4. The van der Waals surface area contributed by atoms with E-state index in [-0.39, 0.29) is 15.7 Å². The molecule has 0 atom stereocenters. The molecule has 3 aromatic rings. The van der Waals surface area contributed by atoms with Gasteiger partial charge < -0.3 is 10.3 Å². The van der Waals surface area contributed by atoms with E-state index in [0.717, 1.165) is 17.8 Å². The summed E-state index contributed by atoms with van der Waals surface area (Å²) >= 11 is 6.75. The Labute approximate surface area is 162 Å². The van der Waals surface area contributed by atoms with E-state index < -0.39 is 11.7 Å². The highest BCUT2D eigenvalue weighted by Crippen LogP contribution is 2.41. The van der Waals surface area contributed by atoms with Gasteiger partial charge in [0, 0.05) is 22.9 Å². The van der Waals surface area contributed by atoms with Gasteiger partial charge in [0.05, 0.1) is 5.56 Å². The molecule has 0 unspecified atom stereocenters. The molecule has 0 bridgehead atoms. The number of nitrogen functional groups attached to an aromatic ring is 1. The fraction of sp³-hybridized carbons (Fsp3) is 0.235. The summed E-state index contributed by atoms with van der Waals surface area (Å²) in [6.45, 7) is 0.432. The predicted octanol–water partition coefficient (Wildman–Crippen LogP) is 4.65. The average Bonchev–Trinajstić information content (AvgIpc) is 2.93. The van der Waals surface area contributed by atoms with E-state index in [1.54, 1.807) is 4.57 Å². The molecule has 0 fully saturated rings. The van der Waals surface area contributed by atoms with Crippen molar-refractivity contribution < 1.29 is 13.2 Å². The first kappa shape index (κ1) is 19.3. The van der Waals surface area contributed by atoms with Gasteiger partial charge in [-0.2, -0.15) is 13.2 Å². The number of halogens is 4. The van der Waals surface area contributed by atoms with Gasteiger partial charge in [-0.05, 0) is 24.6 Å². The molecule has 2 heterocycles. The van der Waals surface area contributed by atoms with Crippen molar-refractivity contribution in [2.24, 2.45) is 0 Å². The molecule has 2 aromatic heterocycles. The summed E-state index contributed by atoms with van der Waals surface area (Å²) in [6, 6.07) is 3.41. The highest BCUT2D eigenvalue weighted by atomic mass is 35.5. The van der Waals surface area contributed by atoms with Gasteiger partial charge in [0.25, 0.3) is 0 Å². The second kappa shape index (κ2) is 7.66. The number of unbranched alkanes of at least 4 members (excludes halogenated alkanes) is 1. The maximum atomic E-state index is 13.4. The number of alkyl halides is 3. The minimum Gasteiger partial charge on any atom is -0.382 e. The van der Waals surface area contributed by atoms with E-state index in [2.05, 4.69) is 20.9 Å². The first-order valence-electron chi connectivity index (χ1n) is 7.76. The molecule has 0 saturated heterocycles. The largest absolute Gasteiger partial charge is 0.417 e. The van der Waals surface area contributed by atoms with E-state index in [9.17, 15) is 13.2 Å². The summed E-state index contributed by atoms with van der Waals surface area (Å²) in [5, 5.41) is 0.502. The maximum absolute atomic E-state index is 13.4. The van der Waals surface area contributed by atoms with Crippen LogP contribution in [0.5, 0.6) is 0 Å². The van der Waals surface area contributed by atoms with E-state index in [4.69, 9.17) is 23.8 Å². The average molecular weight is 412 g/mol. The molecular formula is C17H13ClF3N5S. The van der Waals surface area contributed by atoms with Crippen LogP contribution in [0.1, 0.15) is 18.4 Å². The highest BCUT2D eigenvalue weighted by Gasteiger charge is 2.34. The molecule has 0 amide bonds. The van der Waals surface area contributed by atoms with Gasteiger partial charge in [-0.3, -0.25) is 0 Å². The quantitative estimate of drug-likeness (QED) is 0.489. The summed E-state index contributed by atoms with van der Waals surface area (Å²) in [7, 11) is 0. The van der Waals surface area contributed by atoms with Crippen LogP contribution in [0.4, 0.5) is 19.0 Å². The smallest absolute Gasteiger partial charge is 0.382 e. The lowest BCUT2D eigenvalue weighted by Gasteiger charge is -2.13. The zero-order chi connectivity index (χ0) is 19.6. The maximum Gasteiger partial charge on any atom is 0.417 e. The molecule has 27 heavy (non-hydrogen) atoms. The topological polar surface area (TPSA) is 69.6 Å². The van der Waals surface area contributed by atoms with Gasteiger partial charge in [-0.1, -0.05) is 23.4 Å². The SMILES string of the molecule is C#CCCCn1c(Sc2cc(Cl)ccc2C(F)(F)F)nc2c(N)ncnc21. The summed E-state index contributed by atoms with van der Waals surface area (Å²) < 4.78 is 41.7. The Morgan fingerprint density at radius 2 is 2.07 bits per heavy atom. The molecule has 5 nitrogen and oxygen atoms in total. The standard InChI is InChI=1S/C17H13ClF3N5S/c1-2-3-4-7-26-15-13(14(22)23-9-24-15)25-16(26)27-12-8-10(18)5-6-11(12)17(19,20)21/h1,5-6,8-9H,3-4,7H2,(H2,22,23,24). The highest BCUT2D eigenvalue weighted by molar-refractivity contribution is 7.99. The van der Waals surface area contributed by atoms with E-state index >= 15 is 0 Å².